The highest BCUT2D eigenvalue weighted by atomic mass is 15.2. The summed E-state index contributed by atoms with van der Waals surface area (Å²) >= 11 is 0. The van der Waals surface area contributed by atoms with Crippen molar-refractivity contribution in [1.82, 2.24) is 29.1 Å². The minimum absolute atomic E-state index is 0.559. The van der Waals surface area contributed by atoms with Gasteiger partial charge in [-0.25, -0.2) is 9.97 Å². The predicted octanol–water partition coefficient (Wildman–Crippen LogP) is 9.31. The lowest BCUT2D eigenvalue weighted by Crippen LogP contribution is -2.06. The van der Waals surface area contributed by atoms with Crippen LogP contribution in [0.3, 0.4) is 0 Å². The van der Waals surface area contributed by atoms with Gasteiger partial charge in [0.15, 0.2) is 11.6 Å². The van der Waals surface area contributed by atoms with Crippen LogP contribution in [0.4, 0.5) is 0 Å². The molecule has 0 N–H and O–H groups in total. The molecule has 3 aromatic heterocycles. The van der Waals surface area contributed by atoms with Crippen molar-refractivity contribution in [2.24, 2.45) is 0 Å². The Morgan fingerprint density at radius 1 is 0.370 bits per heavy atom. The zero-order valence-electron chi connectivity index (χ0n) is 24.7. The van der Waals surface area contributed by atoms with Crippen molar-refractivity contribution in [2.75, 3.05) is 0 Å². The van der Waals surface area contributed by atoms with Gasteiger partial charge in [-0.1, -0.05) is 127 Å². The monoisotopic (exact) mass is 590 g/mol. The van der Waals surface area contributed by atoms with Gasteiger partial charge in [0.05, 0.1) is 22.1 Å². The van der Waals surface area contributed by atoms with E-state index in [0.29, 0.717) is 17.6 Å². The summed E-state index contributed by atoms with van der Waals surface area (Å²) in [5, 5.41) is 2.21. The second-order valence-electron chi connectivity index (χ2n) is 11.2. The van der Waals surface area contributed by atoms with E-state index in [9.17, 15) is 0 Å². The zero-order valence-corrected chi connectivity index (χ0v) is 24.7. The summed E-state index contributed by atoms with van der Waals surface area (Å²) in [4.78, 5) is 20.3. The van der Waals surface area contributed by atoms with E-state index >= 15 is 0 Å². The molecule has 0 atom stereocenters. The third kappa shape index (κ3) is 4.27. The normalized spacial score (nSPS) is 11.5. The molecule has 3 heterocycles. The molecule has 0 aliphatic rings. The van der Waals surface area contributed by atoms with Gasteiger partial charge in [-0.05, 0) is 30.3 Å². The summed E-state index contributed by atoms with van der Waals surface area (Å²) in [5.41, 5.74) is 7.90. The Morgan fingerprint density at radius 3 is 1.54 bits per heavy atom. The third-order valence-corrected chi connectivity index (χ3v) is 8.38. The molecule has 9 rings (SSSR count). The largest absolute Gasteiger partial charge is 0.292 e. The van der Waals surface area contributed by atoms with Crippen molar-refractivity contribution < 1.29 is 0 Å². The zero-order chi connectivity index (χ0) is 30.5. The second-order valence-corrected chi connectivity index (χ2v) is 11.2. The van der Waals surface area contributed by atoms with E-state index in [-0.39, 0.29) is 0 Å². The first-order valence-electron chi connectivity index (χ1n) is 15.3. The van der Waals surface area contributed by atoms with Gasteiger partial charge in [0.1, 0.15) is 5.82 Å². The molecule has 0 unspecified atom stereocenters. The number of para-hydroxylation sites is 2. The summed E-state index contributed by atoms with van der Waals surface area (Å²) < 4.78 is 4.40. The Bertz CT molecular complexity index is 2440. The van der Waals surface area contributed by atoms with Crippen LogP contribution in [0.15, 0.2) is 158 Å². The molecule has 0 radical (unpaired) electrons. The summed E-state index contributed by atoms with van der Waals surface area (Å²) in [6.45, 7) is 0. The molecule has 0 saturated carbocycles. The van der Waals surface area contributed by atoms with E-state index in [4.69, 9.17) is 19.9 Å². The summed E-state index contributed by atoms with van der Waals surface area (Å²) in [6.07, 6.45) is 0. The average Bonchev–Trinajstić information content (AvgIpc) is 3.67. The first-order chi connectivity index (χ1) is 22.8. The Kier molecular flexibility index (Phi) is 6.03. The van der Waals surface area contributed by atoms with Crippen LogP contribution in [0.25, 0.3) is 78.6 Å². The highest BCUT2D eigenvalue weighted by molar-refractivity contribution is 6.13. The highest BCUT2D eigenvalue weighted by Crippen LogP contribution is 2.37. The maximum Gasteiger partial charge on any atom is 0.238 e. The molecule has 6 nitrogen and oxygen atoms in total. The van der Waals surface area contributed by atoms with Gasteiger partial charge in [-0.2, -0.15) is 9.97 Å². The van der Waals surface area contributed by atoms with Crippen molar-refractivity contribution in [1.29, 1.82) is 0 Å². The van der Waals surface area contributed by atoms with E-state index in [1.165, 1.54) is 0 Å². The maximum absolute atomic E-state index is 5.24. The smallest absolute Gasteiger partial charge is 0.238 e. The first-order valence-corrected chi connectivity index (χ1v) is 15.3. The van der Waals surface area contributed by atoms with Gasteiger partial charge in [0, 0.05) is 33.2 Å². The molecular formula is C40H26N6. The molecule has 0 fully saturated rings. The minimum atomic E-state index is 0.559. The van der Waals surface area contributed by atoms with E-state index in [1.54, 1.807) is 0 Å². The number of benzene rings is 6. The van der Waals surface area contributed by atoms with E-state index in [2.05, 4.69) is 94.1 Å². The highest BCUT2D eigenvalue weighted by Gasteiger charge is 2.21. The van der Waals surface area contributed by atoms with Crippen molar-refractivity contribution in [3.63, 3.8) is 0 Å². The fraction of sp³-hybridized carbons (Fsp3) is 0. The van der Waals surface area contributed by atoms with Gasteiger partial charge in [0.25, 0.3) is 0 Å². The molecular weight excluding hydrogens is 564 g/mol. The third-order valence-electron chi connectivity index (χ3n) is 8.38. The SMILES string of the molecule is c1ccc(-c2nc(-c3ccccc3)nc(-n3c4ccccc4c4cc5c(cc43)nc(-c3ccccc3)n5-c3ccccc3)n2)cc1. The topological polar surface area (TPSA) is 61.4 Å². The van der Waals surface area contributed by atoms with Crippen LogP contribution in [-0.2, 0) is 0 Å². The number of imidazole rings is 1. The molecule has 0 aliphatic carbocycles. The summed E-state index contributed by atoms with van der Waals surface area (Å²) in [5.74, 6) is 2.69. The second kappa shape index (κ2) is 10.6. The molecule has 0 amide bonds. The van der Waals surface area contributed by atoms with Crippen molar-refractivity contribution in [3.05, 3.63) is 158 Å². The lowest BCUT2D eigenvalue weighted by Gasteiger charge is -2.11. The standard InChI is InChI=1S/C40H26N6/c1-5-15-27(16-6-1)37-42-38(28-17-7-2-8-18-28)44-40(43-37)46-34-24-14-13-23-31(34)32-25-36-33(26-35(32)46)41-39(29-19-9-3-10-20-29)45(36)30-21-11-4-12-22-30/h1-26H. The lowest BCUT2D eigenvalue weighted by atomic mass is 10.1. The Balaban J connectivity index is 1.36. The van der Waals surface area contributed by atoms with E-state index in [1.807, 2.05) is 72.8 Å². The quantitative estimate of drug-likeness (QED) is 0.200. The Hall–Kier alpha value is -6.40. The maximum atomic E-state index is 5.24. The number of hydrogen-bond acceptors (Lipinski definition) is 4. The molecule has 216 valence electrons. The number of fused-ring (bicyclic) bond motifs is 4. The van der Waals surface area contributed by atoms with Gasteiger partial charge < -0.3 is 0 Å². The fourth-order valence-corrected chi connectivity index (χ4v) is 6.27. The number of rotatable bonds is 5. The van der Waals surface area contributed by atoms with Crippen molar-refractivity contribution in [2.45, 2.75) is 0 Å². The lowest BCUT2D eigenvalue weighted by molar-refractivity contribution is 0.954. The number of nitrogens with zero attached hydrogens (tertiary/aromatic N) is 6. The Morgan fingerprint density at radius 2 is 0.913 bits per heavy atom. The molecule has 6 heteroatoms. The Labute approximate surface area is 264 Å². The van der Waals surface area contributed by atoms with Crippen LogP contribution < -0.4 is 0 Å². The molecule has 46 heavy (non-hydrogen) atoms. The minimum Gasteiger partial charge on any atom is -0.292 e. The number of aromatic nitrogens is 6. The van der Waals surface area contributed by atoms with Gasteiger partial charge in [0.2, 0.25) is 5.95 Å². The van der Waals surface area contributed by atoms with Crippen molar-refractivity contribution in [3.8, 4) is 45.8 Å². The molecule has 0 saturated heterocycles. The van der Waals surface area contributed by atoms with Gasteiger partial charge >= 0.3 is 0 Å². The van der Waals surface area contributed by atoms with Crippen molar-refractivity contribution >= 4 is 32.8 Å². The molecule has 0 aliphatic heterocycles. The van der Waals surface area contributed by atoms with Crippen LogP contribution in [0.5, 0.6) is 0 Å². The molecule has 0 bridgehead atoms. The molecule has 0 spiro atoms. The van der Waals surface area contributed by atoms with Crippen LogP contribution in [0.1, 0.15) is 0 Å². The summed E-state index contributed by atoms with van der Waals surface area (Å²) in [6, 6.07) is 53.8. The fourth-order valence-electron chi connectivity index (χ4n) is 6.27. The van der Waals surface area contributed by atoms with E-state index in [0.717, 1.165) is 61.0 Å². The molecule has 9 aromatic rings. The summed E-state index contributed by atoms with van der Waals surface area (Å²) in [7, 11) is 0. The van der Waals surface area contributed by atoms with Crippen LogP contribution >= 0.6 is 0 Å². The van der Waals surface area contributed by atoms with E-state index < -0.39 is 0 Å². The molecule has 6 aromatic carbocycles. The average molecular weight is 591 g/mol. The first kappa shape index (κ1) is 26.0. The van der Waals surface area contributed by atoms with Gasteiger partial charge in [-0.3, -0.25) is 9.13 Å². The van der Waals surface area contributed by atoms with Crippen LogP contribution in [0, 0.1) is 0 Å². The van der Waals surface area contributed by atoms with Gasteiger partial charge in [-0.15, -0.1) is 0 Å². The van der Waals surface area contributed by atoms with Crippen LogP contribution in [-0.4, -0.2) is 29.1 Å². The van der Waals surface area contributed by atoms with Crippen LogP contribution in [0.2, 0.25) is 0 Å². The number of hydrogen-bond donors (Lipinski definition) is 0. The predicted molar refractivity (Wildman–Crippen MR) is 185 cm³/mol.